The minimum atomic E-state index is -0.527. The Hall–Kier alpha value is -1.60. The summed E-state index contributed by atoms with van der Waals surface area (Å²) in [6.45, 7) is 4.14. The molecule has 0 aromatic heterocycles. The second kappa shape index (κ2) is 4.50. The van der Waals surface area contributed by atoms with Gasteiger partial charge in [-0.05, 0) is 36.1 Å². The van der Waals surface area contributed by atoms with Gasteiger partial charge in [0.15, 0.2) is 0 Å². The van der Waals surface area contributed by atoms with Crippen LogP contribution in [0.2, 0.25) is 0 Å². The lowest BCUT2D eigenvalue weighted by Crippen LogP contribution is -2.00. The molecule has 0 heterocycles. The van der Waals surface area contributed by atoms with Crippen LogP contribution in [0.3, 0.4) is 0 Å². The van der Waals surface area contributed by atoms with Gasteiger partial charge in [-0.2, -0.15) is 0 Å². The Labute approximate surface area is 96.4 Å². The summed E-state index contributed by atoms with van der Waals surface area (Å²) in [5, 5.41) is 10.2. The smallest absolute Gasteiger partial charge is 0.104 e. The maximum Gasteiger partial charge on any atom is 0.104 e. The predicted molar refractivity (Wildman–Crippen MR) is 66.4 cm³/mol. The number of hydrogen-bond donors (Lipinski definition) is 1. The monoisotopic (exact) mass is 212 g/mol. The Kier molecular flexibility index (Phi) is 3.07. The quantitative estimate of drug-likeness (QED) is 0.809. The summed E-state index contributed by atoms with van der Waals surface area (Å²) in [4.78, 5) is 0. The molecule has 0 saturated heterocycles. The van der Waals surface area contributed by atoms with Crippen molar-refractivity contribution in [2.24, 2.45) is 0 Å². The minimum Gasteiger partial charge on any atom is -0.384 e. The largest absolute Gasteiger partial charge is 0.384 e. The molecule has 1 N–H and O–H groups in total. The standard InChI is InChI=1S/C15H16O/c1-11-8-9-14(10-12(11)2)15(16)13-6-4-3-5-7-13/h3-10,15-16H,1-2H3/t15-/m0/s1. The van der Waals surface area contributed by atoms with Crippen LogP contribution in [0.5, 0.6) is 0 Å². The van der Waals surface area contributed by atoms with E-state index < -0.39 is 6.10 Å². The molecule has 0 radical (unpaired) electrons. The van der Waals surface area contributed by atoms with E-state index in [0.29, 0.717) is 0 Å². The second-order valence-corrected chi connectivity index (χ2v) is 4.16. The lowest BCUT2D eigenvalue weighted by molar-refractivity contribution is 0.220. The molecule has 0 aliphatic heterocycles. The lowest BCUT2D eigenvalue weighted by atomic mass is 9.98. The van der Waals surface area contributed by atoms with Gasteiger partial charge in [0.2, 0.25) is 0 Å². The number of aliphatic hydroxyl groups excluding tert-OH is 1. The fourth-order valence-electron chi connectivity index (χ4n) is 1.76. The second-order valence-electron chi connectivity index (χ2n) is 4.16. The third-order valence-electron chi connectivity index (χ3n) is 2.96. The van der Waals surface area contributed by atoms with Crippen LogP contribution in [0.4, 0.5) is 0 Å². The maximum atomic E-state index is 10.2. The molecule has 2 rings (SSSR count). The van der Waals surface area contributed by atoms with E-state index in [4.69, 9.17) is 0 Å². The molecule has 2 aromatic carbocycles. The number of aryl methyl sites for hydroxylation is 2. The topological polar surface area (TPSA) is 20.2 Å². The van der Waals surface area contributed by atoms with E-state index in [-0.39, 0.29) is 0 Å². The molecule has 0 amide bonds. The van der Waals surface area contributed by atoms with Crippen LogP contribution in [-0.2, 0) is 0 Å². The average molecular weight is 212 g/mol. The Bertz CT molecular complexity index is 474. The van der Waals surface area contributed by atoms with Crippen LogP contribution in [0.25, 0.3) is 0 Å². The summed E-state index contributed by atoms with van der Waals surface area (Å²) in [6, 6.07) is 15.8. The van der Waals surface area contributed by atoms with Crippen molar-refractivity contribution in [2.75, 3.05) is 0 Å². The summed E-state index contributed by atoms with van der Waals surface area (Å²) in [6.07, 6.45) is -0.527. The van der Waals surface area contributed by atoms with Gasteiger partial charge in [-0.3, -0.25) is 0 Å². The third kappa shape index (κ3) is 2.15. The molecule has 0 bridgehead atoms. The molecule has 1 nitrogen and oxygen atoms in total. The van der Waals surface area contributed by atoms with Gasteiger partial charge in [-0.15, -0.1) is 0 Å². The van der Waals surface area contributed by atoms with Crippen LogP contribution >= 0.6 is 0 Å². The molecule has 0 unspecified atom stereocenters. The third-order valence-corrected chi connectivity index (χ3v) is 2.96. The highest BCUT2D eigenvalue weighted by atomic mass is 16.3. The van der Waals surface area contributed by atoms with Crippen molar-refractivity contribution in [3.8, 4) is 0 Å². The molecule has 0 aliphatic carbocycles. The zero-order valence-corrected chi connectivity index (χ0v) is 9.64. The van der Waals surface area contributed by atoms with Crippen LogP contribution in [0.15, 0.2) is 48.5 Å². The van der Waals surface area contributed by atoms with Gasteiger partial charge >= 0.3 is 0 Å². The Morgan fingerprint density at radius 1 is 0.812 bits per heavy atom. The van der Waals surface area contributed by atoms with Crippen molar-refractivity contribution < 1.29 is 5.11 Å². The first-order valence-corrected chi connectivity index (χ1v) is 5.48. The van der Waals surface area contributed by atoms with Crippen molar-refractivity contribution in [2.45, 2.75) is 20.0 Å². The van der Waals surface area contributed by atoms with E-state index in [2.05, 4.69) is 19.9 Å². The van der Waals surface area contributed by atoms with Crippen molar-refractivity contribution in [1.82, 2.24) is 0 Å². The number of rotatable bonds is 2. The highest BCUT2D eigenvalue weighted by Crippen LogP contribution is 2.23. The van der Waals surface area contributed by atoms with E-state index in [9.17, 15) is 5.11 Å². The Morgan fingerprint density at radius 2 is 1.50 bits per heavy atom. The van der Waals surface area contributed by atoms with Gasteiger partial charge in [0.25, 0.3) is 0 Å². The highest BCUT2D eigenvalue weighted by molar-refractivity contribution is 5.35. The lowest BCUT2D eigenvalue weighted by Gasteiger charge is -2.12. The molecule has 1 heteroatoms. The van der Waals surface area contributed by atoms with Gasteiger partial charge in [-0.1, -0.05) is 48.5 Å². The summed E-state index contributed by atoms with van der Waals surface area (Å²) in [7, 11) is 0. The van der Waals surface area contributed by atoms with E-state index in [0.717, 1.165) is 11.1 Å². The Balaban J connectivity index is 2.34. The van der Waals surface area contributed by atoms with Crippen molar-refractivity contribution in [1.29, 1.82) is 0 Å². The summed E-state index contributed by atoms with van der Waals surface area (Å²) in [5.41, 5.74) is 4.36. The number of benzene rings is 2. The highest BCUT2D eigenvalue weighted by Gasteiger charge is 2.09. The summed E-state index contributed by atoms with van der Waals surface area (Å²) in [5.74, 6) is 0. The van der Waals surface area contributed by atoms with Crippen LogP contribution in [0, 0.1) is 13.8 Å². The van der Waals surface area contributed by atoms with E-state index >= 15 is 0 Å². The molecular formula is C15H16O. The van der Waals surface area contributed by atoms with Gasteiger partial charge in [0.1, 0.15) is 6.10 Å². The molecule has 0 aliphatic rings. The maximum absolute atomic E-state index is 10.2. The number of hydrogen-bond acceptors (Lipinski definition) is 1. The number of aliphatic hydroxyl groups is 1. The van der Waals surface area contributed by atoms with Gasteiger partial charge in [0.05, 0.1) is 0 Å². The summed E-state index contributed by atoms with van der Waals surface area (Å²) >= 11 is 0. The molecular weight excluding hydrogens is 196 g/mol. The van der Waals surface area contributed by atoms with E-state index in [1.165, 1.54) is 11.1 Å². The van der Waals surface area contributed by atoms with Gasteiger partial charge in [0, 0.05) is 0 Å². The van der Waals surface area contributed by atoms with Crippen LogP contribution in [-0.4, -0.2) is 5.11 Å². The molecule has 0 saturated carbocycles. The fourth-order valence-corrected chi connectivity index (χ4v) is 1.76. The van der Waals surface area contributed by atoms with Crippen LogP contribution < -0.4 is 0 Å². The van der Waals surface area contributed by atoms with E-state index in [1.807, 2.05) is 42.5 Å². The van der Waals surface area contributed by atoms with Crippen molar-refractivity contribution in [3.63, 3.8) is 0 Å². The van der Waals surface area contributed by atoms with Crippen molar-refractivity contribution >= 4 is 0 Å². The fraction of sp³-hybridized carbons (Fsp3) is 0.200. The molecule has 0 fully saturated rings. The molecule has 16 heavy (non-hydrogen) atoms. The SMILES string of the molecule is Cc1ccc([C@@H](O)c2ccccc2)cc1C. The van der Waals surface area contributed by atoms with Gasteiger partial charge < -0.3 is 5.11 Å². The minimum absolute atomic E-state index is 0.527. The molecule has 82 valence electrons. The predicted octanol–water partition coefficient (Wildman–Crippen LogP) is 3.39. The molecule has 0 spiro atoms. The van der Waals surface area contributed by atoms with Gasteiger partial charge in [-0.25, -0.2) is 0 Å². The zero-order chi connectivity index (χ0) is 11.5. The van der Waals surface area contributed by atoms with Crippen molar-refractivity contribution in [3.05, 3.63) is 70.8 Å². The van der Waals surface area contributed by atoms with E-state index in [1.54, 1.807) is 0 Å². The normalized spacial score (nSPS) is 12.4. The zero-order valence-electron chi connectivity index (χ0n) is 9.64. The Morgan fingerprint density at radius 3 is 2.12 bits per heavy atom. The summed E-state index contributed by atoms with van der Waals surface area (Å²) < 4.78 is 0. The molecule has 1 atom stereocenters. The first-order valence-electron chi connectivity index (χ1n) is 5.48. The van der Waals surface area contributed by atoms with Crippen LogP contribution in [0.1, 0.15) is 28.4 Å². The average Bonchev–Trinajstić information content (AvgIpc) is 2.33. The first-order chi connectivity index (χ1) is 7.68. The molecule has 2 aromatic rings. The first kappa shape index (κ1) is 10.9.